The Labute approximate surface area is 440 Å². The second-order valence-corrected chi connectivity index (χ2v) is 20.0. The first-order chi connectivity index (χ1) is 35.9. The van der Waals surface area contributed by atoms with Gasteiger partial charge >= 0.3 is 6.09 Å². The molecule has 1 unspecified atom stereocenters. The highest BCUT2D eigenvalue weighted by Crippen LogP contribution is 2.37. The van der Waals surface area contributed by atoms with Crippen molar-refractivity contribution >= 4 is 39.5 Å². The lowest BCUT2D eigenvalue weighted by atomic mass is 9.97. The second kappa shape index (κ2) is 24.3. The van der Waals surface area contributed by atoms with Crippen LogP contribution < -0.4 is 5.32 Å². The summed E-state index contributed by atoms with van der Waals surface area (Å²) in [6, 6.07) is 12.8. The third-order valence-electron chi connectivity index (χ3n) is 13.6. The first-order valence-corrected chi connectivity index (χ1v) is 26.2. The van der Waals surface area contributed by atoms with E-state index in [0.717, 1.165) is 140 Å². The van der Waals surface area contributed by atoms with Crippen LogP contribution in [0, 0.1) is 41.5 Å². The van der Waals surface area contributed by atoms with E-state index in [9.17, 15) is 14.4 Å². The fourth-order valence-corrected chi connectivity index (χ4v) is 8.85. The highest BCUT2D eigenvalue weighted by molar-refractivity contribution is 6.36. The summed E-state index contributed by atoms with van der Waals surface area (Å²) in [5.41, 5.74) is 16.0. The van der Waals surface area contributed by atoms with Crippen LogP contribution in [0.4, 0.5) is 4.79 Å². The Hall–Kier alpha value is -7.37. The number of aryl methyl sites for hydroxylation is 4. The van der Waals surface area contributed by atoms with Gasteiger partial charge in [0.1, 0.15) is 17.0 Å². The zero-order chi connectivity index (χ0) is 54.1. The number of Topliss-reactive ketones (excluding diaryl/α,β-unsaturated/α-hetero) is 2. The van der Waals surface area contributed by atoms with Crippen LogP contribution in [0.15, 0.2) is 61.2 Å². The normalized spacial score (nSPS) is 13.5. The second-order valence-electron chi connectivity index (χ2n) is 20.0. The summed E-state index contributed by atoms with van der Waals surface area (Å²) >= 11 is 0. The number of nitrogens with zero attached hydrogens (tertiary/aromatic N) is 8. The molecule has 1 amide bonds. The number of carbonyl (C=O) groups excluding carboxylic acids is 3. The molecule has 1 aliphatic rings. The minimum absolute atomic E-state index is 0.0902. The summed E-state index contributed by atoms with van der Waals surface area (Å²) in [6.07, 6.45) is 11.0. The Bertz CT molecular complexity index is 3240. The summed E-state index contributed by atoms with van der Waals surface area (Å²) in [6.45, 7) is 28.9. The quantitative estimate of drug-likeness (QED) is 0.0749. The maximum absolute atomic E-state index is 12.8. The number of nitrogens with one attached hydrogen (secondary N) is 4. The molecule has 17 nitrogen and oxygen atoms in total. The lowest BCUT2D eigenvalue weighted by Crippen LogP contribution is -2.36. The fourth-order valence-electron chi connectivity index (χ4n) is 8.85. The fraction of sp³-hybridized carbons (Fsp3) is 0.431. The first-order valence-electron chi connectivity index (χ1n) is 26.2. The van der Waals surface area contributed by atoms with E-state index in [0.29, 0.717) is 25.9 Å². The topological polar surface area (TPSA) is 215 Å². The Morgan fingerprint density at radius 3 is 1.89 bits per heavy atom. The van der Waals surface area contributed by atoms with Crippen LogP contribution in [0.1, 0.15) is 132 Å². The molecular weight excluding hydrogens is 945 g/mol. The molecule has 7 heterocycles. The number of fused-ring (bicyclic) bond motifs is 2. The van der Waals surface area contributed by atoms with Gasteiger partial charge in [-0.2, -0.15) is 10.2 Å². The third-order valence-corrected chi connectivity index (χ3v) is 13.6. The van der Waals surface area contributed by atoms with Gasteiger partial charge in [-0.25, -0.2) is 19.4 Å². The SMILES string of the molecule is CCC(=O)C(=O)CC.CCN(Cc1cncc(-c2ccc3c(c2)c(-c2nc(C)c(C)[nH]2)nn3C2CCCCO2)c1C)C(=O)OC(C)(C)C.CCNCc1cncc(-c2ccc3[nH]nc(-c4nc(C)c(C)[nH]4)c3c2)c1C. The first kappa shape index (κ1) is 55.4. The molecule has 0 radical (unpaired) electrons. The zero-order valence-electron chi connectivity index (χ0n) is 46.0. The van der Waals surface area contributed by atoms with E-state index in [1.807, 2.05) is 84.9 Å². The predicted octanol–water partition coefficient (Wildman–Crippen LogP) is 11.9. The number of imidazole rings is 2. The molecule has 6 aromatic heterocycles. The Balaban J connectivity index is 0.000000201. The van der Waals surface area contributed by atoms with Crippen LogP contribution in [-0.2, 0) is 32.2 Å². The van der Waals surface area contributed by atoms with Crippen molar-refractivity contribution in [2.24, 2.45) is 0 Å². The van der Waals surface area contributed by atoms with Crippen molar-refractivity contribution in [3.63, 3.8) is 0 Å². The predicted molar refractivity (Wildman–Crippen MR) is 295 cm³/mol. The molecule has 1 atom stereocenters. The molecule has 75 heavy (non-hydrogen) atoms. The third kappa shape index (κ3) is 12.9. The Kier molecular flexibility index (Phi) is 18.0. The summed E-state index contributed by atoms with van der Waals surface area (Å²) < 4.78 is 13.8. The van der Waals surface area contributed by atoms with Crippen molar-refractivity contribution < 1.29 is 23.9 Å². The zero-order valence-corrected chi connectivity index (χ0v) is 46.0. The van der Waals surface area contributed by atoms with Gasteiger partial charge in [0.05, 0.1) is 29.0 Å². The molecule has 1 fully saturated rings. The molecule has 8 aromatic rings. The van der Waals surface area contributed by atoms with Crippen LogP contribution in [0.5, 0.6) is 0 Å². The van der Waals surface area contributed by atoms with Crippen LogP contribution in [0.25, 0.3) is 67.1 Å². The number of ether oxygens (including phenoxy) is 2. The number of benzene rings is 2. The van der Waals surface area contributed by atoms with Crippen molar-refractivity contribution in [3.05, 3.63) is 106 Å². The minimum Gasteiger partial charge on any atom is -0.444 e. The largest absolute Gasteiger partial charge is 0.444 e. The molecule has 396 valence electrons. The molecular formula is C58H74N12O5. The molecule has 0 spiro atoms. The summed E-state index contributed by atoms with van der Waals surface area (Å²) in [5.74, 6) is 1.04. The maximum atomic E-state index is 12.8. The van der Waals surface area contributed by atoms with Crippen molar-refractivity contribution in [1.29, 1.82) is 0 Å². The average molecular weight is 1020 g/mol. The van der Waals surface area contributed by atoms with E-state index in [4.69, 9.17) is 19.6 Å². The number of ketones is 2. The van der Waals surface area contributed by atoms with Gasteiger partial charge < -0.3 is 29.7 Å². The van der Waals surface area contributed by atoms with Gasteiger partial charge in [-0.1, -0.05) is 32.9 Å². The number of hydrogen-bond donors (Lipinski definition) is 4. The van der Waals surface area contributed by atoms with E-state index >= 15 is 0 Å². The van der Waals surface area contributed by atoms with E-state index < -0.39 is 5.60 Å². The summed E-state index contributed by atoms with van der Waals surface area (Å²) in [5, 5.41) is 18.1. The Morgan fingerprint density at radius 2 is 1.35 bits per heavy atom. The van der Waals surface area contributed by atoms with Gasteiger partial charge in [-0.3, -0.25) is 24.7 Å². The molecule has 17 heteroatoms. The van der Waals surface area contributed by atoms with Crippen LogP contribution in [0.3, 0.4) is 0 Å². The minimum atomic E-state index is -0.551. The number of H-pyrrole nitrogens is 3. The van der Waals surface area contributed by atoms with Crippen molar-refractivity contribution in [3.8, 4) is 45.3 Å². The summed E-state index contributed by atoms with van der Waals surface area (Å²) in [7, 11) is 0. The molecule has 1 saturated heterocycles. The number of amides is 1. The van der Waals surface area contributed by atoms with Crippen LogP contribution in [-0.4, -0.2) is 97.7 Å². The van der Waals surface area contributed by atoms with Gasteiger partial charge in [0, 0.05) is 90.6 Å². The number of pyridine rings is 2. The van der Waals surface area contributed by atoms with E-state index in [1.165, 1.54) is 11.1 Å². The average Bonchev–Trinajstić information content (AvgIpc) is 4.18. The number of rotatable bonds is 14. The van der Waals surface area contributed by atoms with Gasteiger partial charge in [0.25, 0.3) is 0 Å². The van der Waals surface area contributed by atoms with Crippen LogP contribution in [0.2, 0.25) is 0 Å². The van der Waals surface area contributed by atoms with Gasteiger partial charge in [0.15, 0.2) is 29.4 Å². The van der Waals surface area contributed by atoms with Crippen molar-refractivity contribution in [2.75, 3.05) is 19.7 Å². The Morgan fingerprint density at radius 1 is 0.760 bits per heavy atom. The number of carbonyl (C=O) groups is 3. The number of aromatic amines is 3. The lowest BCUT2D eigenvalue weighted by molar-refractivity contribution is -0.136. The highest BCUT2D eigenvalue weighted by Gasteiger charge is 2.26. The number of hydrogen-bond acceptors (Lipinski definition) is 12. The van der Waals surface area contributed by atoms with E-state index in [1.54, 1.807) is 18.7 Å². The van der Waals surface area contributed by atoms with E-state index in [2.05, 4.69) is 97.6 Å². The molecule has 4 N–H and O–H groups in total. The van der Waals surface area contributed by atoms with Gasteiger partial charge in [0.2, 0.25) is 0 Å². The van der Waals surface area contributed by atoms with E-state index in [-0.39, 0.29) is 23.9 Å². The molecule has 0 bridgehead atoms. The molecule has 1 aliphatic heterocycles. The molecule has 0 aliphatic carbocycles. The van der Waals surface area contributed by atoms with Crippen LogP contribution >= 0.6 is 0 Å². The monoisotopic (exact) mass is 1020 g/mol. The van der Waals surface area contributed by atoms with Gasteiger partial charge in [-0.15, -0.1) is 0 Å². The molecule has 2 aromatic carbocycles. The highest BCUT2D eigenvalue weighted by atomic mass is 16.6. The number of aromatic nitrogens is 10. The smallest absolute Gasteiger partial charge is 0.410 e. The van der Waals surface area contributed by atoms with Gasteiger partial charge in [-0.05, 0) is 153 Å². The molecule has 9 rings (SSSR count). The van der Waals surface area contributed by atoms with Crippen molar-refractivity contribution in [1.82, 2.24) is 60.1 Å². The standard InChI is InChI=1S/C31H40N6O3.C21H24N6.C6H10O2/c1-8-36(30(38)40-31(5,6)7)18-23-16-32-17-25(19(23)2)22-12-13-26-24(15-22)28(29-33-20(3)21(4)34-29)35-37(26)27-11-9-10-14-39-27;1-5-22-9-16-10-23-11-18(12(16)2)15-6-7-19-17(8-15)20(27-26-19)21-24-13(3)14(4)25-21;1-3-5(7)6(8)4-2/h12-13,15-17,27H,8-11,14,18H2,1-7H3,(H,33,34);6-8,10-11,22H,5,9H2,1-4H3,(H,24,25)(H,26,27);3-4H2,1-2H3. The molecule has 0 saturated carbocycles. The maximum Gasteiger partial charge on any atom is 0.410 e. The summed E-state index contributed by atoms with van der Waals surface area (Å²) in [4.78, 5) is 60.4. The lowest BCUT2D eigenvalue weighted by Gasteiger charge is -2.27. The van der Waals surface area contributed by atoms with Crippen molar-refractivity contribution in [2.45, 2.75) is 147 Å².